The van der Waals surface area contributed by atoms with Crippen LogP contribution >= 0.6 is 0 Å². The quantitative estimate of drug-likeness (QED) is 0.101. The van der Waals surface area contributed by atoms with Crippen molar-refractivity contribution in [1.29, 1.82) is 0 Å². The van der Waals surface area contributed by atoms with Gasteiger partial charge in [0.2, 0.25) is 0 Å². The topological polar surface area (TPSA) is 95.9 Å². The first kappa shape index (κ1) is 33.5. The van der Waals surface area contributed by atoms with Gasteiger partial charge in [-0.2, -0.15) is 0 Å². The zero-order chi connectivity index (χ0) is 27.6. The van der Waals surface area contributed by atoms with Gasteiger partial charge in [0.25, 0.3) is 0 Å². The lowest BCUT2D eigenvalue weighted by atomic mass is 10.1. The number of rotatable bonds is 18. The van der Waals surface area contributed by atoms with Crippen molar-refractivity contribution in [2.24, 2.45) is 5.92 Å². The van der Waals surface area contributed by atoms with Crippen LogP contribution in [0.15, 0.2) is 59.8 Å². The Morgan fingerprint density at radius 1 is 1.03 bits per heavy atom. The molecule has 0 aliphatic heterocycles. The summed E-state index contributed by atoms with van der Waals surface area (Å²) in [6, 6.07) is -0.711. The number of carboxylic acid groups (broad SMARTS) is 1. The Hall–Kier alpha value is -2.48. The van der Waals surface area contributed by atoms with Crippen LogP contribution in [0.2, 0.25) is 0 Å². The Balaban J connectivity index is 4.36. The van der Waals surface area contributed by atoms with Crippen molar-refractivity contribution in [2.45, 2.75) is 65.5 Å². The number of hydrogen-bond acceptors (Lipinski definition) is 6. The molecule has 1 N–H and O–H groups in total. The van der Waals surface area contributed by atoms with Crippen LogP contribution in [0.1, 0.15) is 53.4 Å². The average molecular weight is 506 g/mol. The van der Waals surface area contributed by atoms with E-state index in [4.69, 9.17) is 9.47 Å². The number of ether oxygens (including phenoxy) is 2. The molecule has 0 aliphatic rings. The van der Waals surface area contributed by atoms with Crippen LogP contribution < -0.4 is 5.11 Å². The Kier molecular flexibility index (Phi) is 17.5. The summed E-state index contributed by atoms with van der Waals surface area (Å²) >= 11 is 0. The number of carbonyl (C=O) groups is 2. The molecule has 0 aromatic heterocycles. The van der Waals surface area contributed by atoms with Crippen LogP contribution in [0.3, 0.4) is 0 Å². The van der Waals surface area contributed by atoms with Gasteiger partial charge in [-0.1, -0.05) is 74.4 Å². The molecule has 0 spiro atoms. The highest BCUT2D eigenvalue weighted by molar-refractivity contribution is 5.87. The minimum Gasteiger partial charge on any atom is -0.544 e. The zero-order valence-electron chi connectivity index (χ0n) is 23.2. The normalized spacial score (nSPS) is 16.1. The molecular weight excluding hydrogens is 458 g/mol. The number of esters is 1. The van der Waals surface area contributed by atoms with Gasteiger partial charge in [0.1, 0.15) is 18.8 Å². The number of carbonyl (C=O) groups excluding carboxylic acids is 2. The third-order valence-corrected chi connectivity index (χ3v) is 5.46. The molecule has 0 saturated heterocycles. The van der Waals surface area contributed by atoms with Crippen LogP contribution in [0.5, 0.6) is 0 Å². The molecule has 3 atom stereocenters. The number of aliphatic hydroxyl groups is 1. The Morgan fingerprint density at radius 2 is 1.67 bits per heavy atom. The number of aliphatic hydroxyl groups excluding tert-OH is 1. The zero-order valence-corrected chi connectivity index (χ0v) is 23.2. The fourth-order valence-electron chi connectivity index (χ4n) is 3.28. The van der Waals surface area contributed by atoms with Crippen molar-refractivity contribution in [3.05, 3.63) is 59.8 Å². The number of nitrogens with zero attached hydrogens (tertiary/aromatic N) is 1. The smallest absolute Gasteiger partial charge is 0.333 e. The average Bonchev–Trinajstić information content (AvgIpc) is 2.79. The SMILES string of the molecule is CCCC\C(C)=C/C=C\C=C/C=C\C(C)/C=C(\C)C(=O)OC[C@@H](O)COCCC(C(=O)[O-])[N+](C)(C)C. The van der Waals surface area contributed by atoms with Crippen molar-refractivity contribution < 1.29 is 33.8 Å². The first-order chi connectivity index (χ1) is 16.9. The second kappa shape index (κ2) is 18.7. The fraction of sp³-hybridized carbons (Fsp3) is 0.586. The van der Waals surface area contributed by atoms with E-state index in [-0.39, 0.29) is 36.6 Å². The molecule has 0 heterocycles. The van der Waals surface area contributed by atoms with Crippen LogP contribution in [0.4, 0.5) is 0 Å². The summed E-state index contributed by atoms with van der Waals surface area (Å²) in [5.74, 6) is -1.60. The minimum absolute atomic E-state index is 0.0357. The molecule has 7 nitrogen and oxygen atoms in total. The lowest BCUT2D eigenvalue weighted by molar-refractivity contribution is -0.889. The molecule has 0 aromatic rings. The summed E-state index contributed by atoms with van der Waals surface area (Å²) in [7, 11) is 5.31. The fourth-order valence-corrected chi connectivity index (χ4v) is 3.28. The first-order valence-corrected chi connectivity index (χ1v) is 12.7. The number of carboxylic acids is 1. The minimum atomic E-state index is -1.14. The summed E-state index contributed by atoms with van der Waals surface area (Å²) in [6.07, 6.45) is 18.6. The highest BCUT2D eigenvalue weighted by Gasteiger charge is 2.24. The van der Waals surface area contributed by atoms with Gasteiger partial charge in [0, 0.05) is 12.0 Å². The van der Waals surface area contributed by atoms with Gasteiger partial charge < -0.3 is 29.0 Å². The number of quaternary nitrogens is 1. The molecule has 0 aliphatic carbocycles. The molecule has 0 saturated carbocycles. The predicted octanol–water partition coefficient (Wildman–Crippen LogP) is 3.51. The highest BCUT2D eigenvalue weighted by atomic mass is 16.5. The molecule has 204 valence electrons. The lowest BCUT2D eigenvalue weighted by Gasteiger charge is -2.34. The monoisotopic (exact) mass is 505 g/mol. The second-order valence-corrected chi connectivity index (χ2v) is 10.0. The lowest BCUT2D eigenvalue weighted by Crippen LogP contribution is -2.55. The van der Waals surface area contributed by atoms with E-state index in [0.717, 1.165) is 6.42 Å². The van der Waals surface area contributed by atoms with E-state index < -0.39 is 24.1 Å². The van der Waals surface area contributed by atoms with E-state index in [9.17, 15) is 19.8 Å². The van der Waals surface area contributed by atoms with Gasteiger partial charge in [-0.05, 0) is 32.6 Å². The van der Waals surface area contributed by atoms with Crippen LogP contribution in [-0.4, -0.2) is 74.6 Å². The third kappa shape index (κ3) is 17.0. The van der Waals surface area contributed by atoms with Gasteiger partial charge in [0.05, 0.1) is 40.3 Å². The van der Waals surface area contributed by atoms with Crippen molar-refractivity contribution in [2.75, 3.05) is 41.0 Å². The summed E-state index contributed by atoms with van der Waals surface area (Å²) in [5.41, 5.74) is 1.83. The second-order valence-electron chi connectivity index (χ2n) is 10.0. The number of allylic oxidation sites excluding steroid dienone is 9. The summed E-state index contributed by atoms with van der Waals surface area (Å²) in [6.45, 7) is 7.87. The molecule has 0 radical (unpaired) electrons. The first-order valence-electron chi connectivity index (χ1n) is 12.7. The van der Waals surface area contributed by atoms with E-state index >= 15 is 0 Å². The third-order valence-electron chi connectivity index (χ3n) is 5.46. The maximum absolute atomic E-state index is 12.2. The Morgan fingerprint density at radius 3 is 2.28 bits per heavy atom. The summed E-state index contributed by atoms with van der Waals surface area (Å²) in [5, 5.41) is 21.2. The number of likely N-dealkylation sites (N-methyl/N-ethyl adjacent to an activating group) is 1. The van der Waals surface area contributed by atoms with E-state index in [0.29, 0.717) is 5.57 Å². The molecule has 0 bridgehead atoms. The number of aliphatic carboxylic acids is 1. The Bertz CT molecular complexity index is 801. The molecule has 7 heteroatoms. The van der Waals surface area contributed by atoms with Crippen LogP contribution in [-0.2, 0) is 19.1 Å². The van der Waals surface area contributed by atoms with E-state index in [1.807, 2.05) is 43.4 Å². The summed E-state index contributed by atoms with van der Waals surface area (Å²) < 4.78 is 10.7. The molecule has 2 unspecified atom stereocenters. The number of unbranched alkanes of at least 4 members (excludes halogenated alkanes) is 1. The molecule has 0 amide bonds. The standard InChI is InChI=1S/C29H47NO6/c1-8-9-15-23(2)16-13-11-10-12-14-17-24(3)20-25(4)29(34)36-22-26(31)21-35-19-18-27(28(32)33)30(5,6)7/h10-14,16-17,20,24,26-27,31H,8-9,15,18-19,21-22H2,1-7H3/b12-10-,13-11-,17-14-,23-16-,25-20+/t24?,26-,27?/m0/s1. The van der Waals surface area contributed by atoms with Crippen molar-refractivity contribution in [3.63, 3.8) is 0 Å². The maximum atomic E-state index is 12.2. The van der Waals surface area contributed by atoms with Crippen molar-refractivity contribution >= 4 is 11.9 Å². The van der Waals surface area contributed by atoms with Crippen molar-refractivity contribution in [3.8, 4) is 0 Å². The maximum Gasteiger partial charge on any atom is 0.333 e. The van der Waals surface area contributed by atoms with Gasteiger partial charge in [-0.15, -0.1) is 0 Å². The highest BCUT2D eigenvalue weighted by Crippen LogP contribution is 2.09. The Labute approximate surface area is 218 Å². The molecular formula is C29H47NO6. The summed E-state index contributed by atoms with van der Waals surface area (Å²) in [4.78, 5) is 23.4. The van der Waals surface area contributed by atoms with E-state index in [1.54, 1.807) is 34.1 Å². The van der Waals surface area contributed by atoms with Crippen LogP contribution in [0.25, 0.3) is 0 Å². The van der Waals surface area contributed by atoms with Crippen LogP contribution in [0, 0.1) is 5.92 Å². The molecule has 36 heavy (non-hydrogen) atoms. The van der Waals surface area contributed by atoms with Gasteiger partial charge in [-0.25, -0.2) is 4.79 Å². The molecule has 0 rings (SSSR count). The van der Waals surface area contributed by atoms with E-state index in [2.05, 4.69) is 19.9 Å². The molecule has 0 fully saturated rings. The van der Waals surface area contributed by atoms with E-state index in [1.165, 1.54) is 18.4 Å². The van der Waals surface area contributed by atoms with Crippen molar-refractivity contribution in [1.82, 2.24) is 0 Å². The number of hydrogen-bond donors (Lipinski definition) is 1. The largest absolute Gasteiger partial charge is 0.544 e. The van der Waals surface area contributed by atoms with Gasteiger partial charge in [-0.3, -0.25) is 0 Å². The molecule has 0 aromatic carbocycles. The van der Waals surface area contributed by atoms with Gasteiger partial charge >= 0.3 is 5.97 Å². The predicted molar refractivity (Wildman–Crippen MR) is 143 cm³/mol. The van der Waals surface area contributed by atoms with Gasteiger partial charge in [0.15, 0.2) is 0 Å².